The zero-order valence-electron chi connectivity index (χ0n) is 15.0. The maximum atomic E-state index is 12.9. The van der Waals surface area contributed by atoms with Gasteiger partial charge in [0.1, 0.15) is 6.04 Å². The summed E-state index contributed by atoms with van der Waals surface area (Å²) in [6.45, 7) is 6.24. The van der Waals surface area contributed by atoms with Crippen molar-refractivity contribution in [2.24, 2.45) is 5.92 Å². The molecule has 2 aliphatic rings. The predicted molar refractivity (Wildman–Crippen MR) is 101 cm³/mol. The monoisotopic (exact) mass is 365 g/mol. The lowest BCUT2D eigenvalue weighted by molar-refractivity contribution is -0.145. The minimum absolute atomic E-state index is 0. The Hall–Kier alpha value is -1.59. The molecule has 2 N–H and O–H groups in total. The van der Waals surface area contributed by atoms with Gasteiger partial charge in [0.15, 0.2) is 0 Å². The van der Waals surface area contributed by atoms with Crippen LogP contribution in [0.4, 0.5) is 0 Å². The largest absolute Gasteiger partial charge is 0.350 e. The standard InChI is InChI=1S/C19H27N3O2.ClH/c1-3-13(2)19(24)22-12-15-7-5-4-6-14(15)10-17(22)18(23)21-16-8-9-20-11-16;/h4-7,13,16-17,20H,3,8-12H2,1-2H3,(H,21,23);1H. The molecule has 0 aliphatic carbocycles. The van der Waals surface area contributed by atoms with E-state index in [9.17, 15) is 9.59 Å². The van der Waals surface area contributed by atoms with Gasteiger partial charge in [-0.1, -0.05) is 38.1 Å². The van der Waals surface area contributed by atoms with Crippen LogP contribution in [0.15, 0.2) is 24.3 Å². The number of amides is 2. The van der Waals surface area contributed by atoms with E-state index in [1.54, 1.807) is 4.90 Å². The predicted octanol–water partition coefficient (Wildman–Crippen LogP) is 1.89. The molecule has 25 heavy (non-hydrogen) atoms. The van der Waals surface area contributed by atoms with Gasteiger partial charge in [0, 0.05) is 31.5 Å². The lowest BCUT2D eigenvalue weighted by atomic mass is 9.91. The Morgan fingerprint density at radius 2 is 2.04 bits per heavy atom. The van der Waals surface area contributed by atoms with E-state index < -0.39 is 6.04 Å². The number of hydrogen-bond acceptors (Lipinski definition) is 3. The first-order valence-electron chi connectivity index (χ1n) is 8.98. The van der Waals surface area contributed by atoms with Crippen molar-refractivity contribution < 1.29 is 9.59 Å². The third-order valence-electron chi connectivity index (χ3n) is 5.27. The molecule has 3 unspecified atom stereocenters. The van der Waals surface area contributed by atoms with E-state index in [-0.39, 0.29) is 36.2 Å². The second-order valence-electron chi connectivity index (χ2n) is 6.96. The highest BCUT2D eigenvalue weighted by Crippen LogP contribution is 2.25. The van der Waals surface area contributed by atoms with Gasteiger partial charge in [0.25, 0.3) is 0 Å². The molecular formula is C19H28ClN3O2. The van der Waals surface area contributed by atoms with Crippen LogP contribution in [0.3, 0.4) is 0 Å². The number of nitrogens with one attached hydrogen (secondary N) is 2. The van der Waals surface area contributed by atoms with Crippen molar-refractivity contribution in [2.45, 2.75) is 51.7 Å². The van der Waals surface area contributed by atoms with Crippen LogP contribution in [0.1, 0.15) is 37.8 Å². The Labute approximate surface area is 155 Å². The molecule has 2 heterocycles. The molecular weight excluding hydrogens is 338 g/mol. The fourth-order valence-electron chi connectivity index (χ4n) is 3.52. The third kappa shape index (κ3) is 4.33. The summed E-state index contributed by atoms with van der Waals surface area (Å²) in [6, 6.07) is 7.90. The van der Waals surface area contributed by atoms with E-state index in [1.807, 2.05) is 26.0 Å². The number of rotatable bonds is 4. The zero-order chi connectivity index (χ0) is 17.1. The molecule has 1 saturated heterocycles. The van der Waals surface area contributed by atoms with Gasteiger partial charge < -0.3 is 15.5 Å². The van der Waals surface area contributed by atoms with Crippen LogP contribution in [0.2, 0.25) is 0 Å². The summed E-state index contributed by atoms with van der Waals surface area (Å²) in [6.07, 6.45) is 2.34. The number of hydrogen-bond donors (Lipinski definition) is 2. The minimum atomic E-state index is -0.401. The zero-order valence-corrected chi connectivity index (χ0v) is 15.8. The summed E-state index contributed by atoms with van der Waals surface area (Å²) in [5.74, 6) is 0.00488. The fraction of sp³-hybridized carbons (Fsp3) is 0.579. The highest BCUT2D eigenvalue weighted by atomic mass is 35.5. The first-order valence-corrected chi connectivity index (χ1v) is 8.98. The minimum Gasteiger partial charge on any atom is -0.350 e. The lowest BCUT2D eigenvalue weighted by Gasteiger charge is -2.37. The number of halogens is 1. The summed E-state index contributed by atoms with van der Waals surface area (Å²) in [5.41, 5.74) is 2.33. The topological polar surface area (TPSA) is 61.4 Å². The highest BCUT2D eigenvalue weighted by molar-refractivity contribution is 5.89. The average molecular weight is 366 g/mol. The molecule has 0 aromatic heterocycles. The van der Waals surface area contributed by atoms with Crippen LogP contribution in [0.25, 0.3) is 0 Å². The molecule has 3 rings (SSSR count). The Balaban J connectivity index is 0.00000225. The summed E-state index contributed by atoms with van der Waals surface area (Å²) < 4.78 is 0. The maximum absolute atomic E-state index is 12.9. The van der Waals surface area contributed by atoms with Crippen molar-refractivity contribution in [1.29, 1.82) is 0 Å². The van der Waals surface area contributed by atoms with Gasteiger partial charge in [-0.3, -0.25) is 9.59 Å². The summed E-state index contributed by atoms with van der Waals surface area (Å²) in [4.78, 5) is 27.5. The Bertz CT molecular complexity index is 616. The Morgan fingerprint density at radius 1 is 1.32 bits per heavy atom. The van der Waals surface area contributed by atoms with E-state index in [1.165, 1.54) is 5.56 Å². The van der Waals surface area contributed by atoms with Crippen molar-refractivity contribution in [3.63, 3.8) is 0 Å². The van der Waals surface area contributed by atoms with Crippen LogP contribution in [-0.2, 0) is 22.6 Å². The van der Waals surface area contributed by atoms with Crippen LogP contribution in [-0.4, -0.2) is 41.9 Å². The number of carbonyl (C=O) groups excluding carboxylic acids is 2. The number of fused-ring (bicyclic) bond motifs is 1. The molecule has 6 heteroatoms. The molecule has 138 valence electrons. The summed E-state index contributed by atoms with van der Waals surface area (Å²) >= 11 is 0. The molecule has 1 aromatic rings. The Morgan fingerprint density at radius 3 is 2.68 bits per heavy atom. The number of nitrogens with zero attached hydrogens (tertiary/aromatic N) is 1. The van der Waals surface area contributed by atoms with Gasteiger partial charge in [-0.15, -0.1) is 12.4 Å². The molecule has 1 aromatic carbocycles. The number of carbonyl (C=O) groups is 2. The second kappa shape index (κ2) is 8.68. The molecule has 1 fully saturated rings. The number of benzene rings is 1. The van der Waals surface area contributed by atoms with Gasteiger partial charge in [-0.25, -0.2) is 0 Å². The average Bonchev–Trinajstić information content (AvgIpc) is 3.12. The van der Waals surface area contributed by atoms with E-state index in [0.717, 1.165) is 31.5 Å². The smallest absolute Gasteiger partial charge is 0.243 e. The lowest BCUT2D eigenvalue weighted by Crippen LogP contribution is -2.55. The van der Waals surface area contributed by atoms with Gasteiger partial charge in [0.2, 0.25) is 11.8 Å². The molecule has 0 spiro atoms. The van der Waals surface area contributed by atoms with E-state index in [4.69, 9.17) is 0 Å². The van der Waals surface area contributed by atoms with Crippen molar-refractivity contribution in [2.75, 3.05) is 13.1 Å². The first-order chi connectivity index (χ1) is 11.6. The van der Waals surface area contributed by atoms with Crippen molar-refractivity contribution in [3.8, 4) is 0 Å². The first kappa shape index (κ1) is 19.7. The van der Waals surface area contributed by atoms with Gasteiger partial charge in [-0.2, -0.15) is 0 Å². The van der Waals surface area contributed by atoms with E-state index >= 15 is 0 Å². The van der Waals surface area contributed by atoms with Gasteiger partial charge in [-0.05, 0) is 30.5 Å². The Kier molecular flexibility index (Phi) is 6.85. The van der Waals surface area contributed by atoms with Gasteiger partial charge >= 0.3 is 0 Å². The normalized spacial score (nSPS) is 23.4. The van der Waals surface area contributed by atoms with Crippen LogP contribution in [0, 0.1) is 5.92 Å². The van der Waals surface area contributed by atoms with E-state index in [0.29, 0.717) is 13.0 Å². The van der Waals surface area contributed by atoms with Crippen LogP contribution in [0.5, 0.6) is 0 Å². The molecule has 2 aliphatic heterocycles. The summed E-state index contributed by atoms with van der Waals surface area (Å²) in [5, 5.41) is 6.39. The molecule has 5 nitrogen and oxygen atoms in total. The third-order valence-corrected chi connectivity index (χ3v) is 5.27. The SMILES string of the molecule is CCC(C)C(=O)N1Cc2ccccc2CC1C(=O)NC1CCNC1.Cl. The summed E-state index contributed by atoms with van der Waals surface area (Å²) in [7, 11) is 0. The highest BCUT2D eigenvalue weighted by Gasteiger charge is 2.36. The fourth-order valence-corrected chi connectivity index (χ4v) is 3.52. The molecule has 0 radical (unpaired) electrons. The molecule has 0 bridgehead atoms. The molecule has 0 saturated carbocycles. The second-order valence-corrected chi connectivity index (χ2v) is 6.96. The van der Waals surface area contributed by atoms with Crippen molar-refractivity contribution in [1.82, 2.24) is 15.5 Å². The maximum Gasteiger partial charge on any atom is 0.243 e. The van der Waals surface area contributed by atoms with Crippen molar-refractivity contribution >= 4 is 24.2 Å². The van der Waals surface area contributed by atoms with Crippen LogP contribution < -0.4 is 10.6 Å². The quantitative estimate of drug-likeness (QED) is 0.856. The van der Waals surface area contributed by atoms with Crippen molar-refractivity contribution in [3.05, 3.63) is 35.4 Å². The van der Waals surface area contributed by atoms with Crippen LogP contribution >= 0.6 is 12.4 Å². The van der Waals surface area contributed by atoms with E-state index in [2.05, 4.69) is 22.8 Å². The molecule has 3 atom stereocenters. The molecule has 2 amide bonds. The van der Waals surface area contributed by atoms with Gasteiger partial charge in [0.05, 0.1) is 0 Å².